The summed E-state index contributed by atoms with van der Waals surface area (Å²) in [6.07, 6.45) is 2.36. The van der Waals surface area contributed by atoms with Gasteiger partial charge in [0.1, 0.15) is 0 Å². The summed E-state index contributed by atoms with van der Waals surface area (Å²) < 4.78 is 11.0. The van der Waals surface area contributed by atoms with E-state index in [1.807, 2.05) is 6.92 Å². The first-order valence-electron chi connectivity index (χ1n) is 5.61. The van der Waals surface area contributed by atoms with E-state index in [1.165, 1.54) is 12.8 Å². The zero-order chi connectivity index (χ0) is 10.4. The number of ether oxygens (including phenoxy) is 2. The van der Waals surface area contributed by atoms with E-state index in [4.69, 9.17) is 9.47 Å². The first-order chi connectivity index (χ1) is 6.66. The average molecular weight is 201 g/mol. The summed E-state index contributed by atoms with van der Waals surface area (Å²) in [4.78, 5) is 0. The van der Waals surface area contributed by atoms with Gasteiger partial charge in [0, 0.05) is 25.8 Å². The van der Waals surface area contributed by atoms with Crippen molar-refractivity contribution in [3.63, 3.8) is 0 Å². The molecule has 3 heteroatoms. The standard InChI is InChI=1S/C11H23NO2/c1-4-13-8-10(2)12-9-11(3)6-5-7-14-11/h10,12H,4-9H2,1-3H3. The molecule has 0 bridgehead atoms. The van der Waals surface area contributed by atoms with Crippen LogP contribution in [0.25, 0.3) is 0 Å². The Hall–Kier alpha value is -0.120. The Morgan fingerprint density at radius 2 is 2.36 bits per heavy atom. The van der Waals surface area contributed by atoms with E-state index < -0.39 is 0 Å². The molecule has 1 heterocycles. The maximum atomic E-state index is 5.69. The highest BCUT2D eigenvalue weighted by atomic mass is 16.5. The molecular weight excluding hydrogens is 178 g/mol. The lowest BCUT2D eigenvalue weighted by atomic mass is 10.0. The van der Waals surface area contributed by atoms with Gasteiger partial charge in [-0.2, -0.15) is 0 Å². The molecule has 0 aromatic carbocycles. The molecule has 0 saturated carbocycles. The Bertz CT molecular complexity index is 155. The zero-order valence-electron chi connectivity index (χ0n) is 9.64. The van der Waals surface area contributed by atoms with E-state index in [2.05, 4.69) is 19.2 Å². The van der Waals surface area contributed by atoms with Crippen LogP contribution in [0.3, 0.4) is 0 Å². The topological polar surface area (TPSA) is 30.5 Å². The van der Waals surface area contributed by atoms with Crippen LogP contribution < -0.4 is 5.32 Å². The first kappa shape index (κ1) is 12.0. The van der Waals surface area contributed by atoms with E-state index >= 15 is 0 Å². The van der Waals surface area contributed by atoms with Crippen LogP contribution in [0.1, 0.15) is 33.6 Å². The lowest BCUT2D eigenvalue weighted by Crippen LogP contribution is -2.42. The van der Waals surface area contributed by atoms with Gasteiger partial charge in [0.25, 0.3) is 0 Å². The quantitative estimate of drug-likeness (QED) is 0.707. The average Bonchev–Trinajstić information content (AvgIpc) is 2.60. The maximum Gasteiger partial charge on any atom is 0.0779 e. The van der Waals surface area contributed by atoms with E-state index in [1.54, 1.807) is 0 Å². The van der Waals surface area contributed by atoms with Crippen molar-refractivity contribution in [2.75, 3.05) is 26.4 Å². The molecule has 1 rings (SSSR count). The zero-order valence-corrected chi connectivity index (χ0v) is 9.64. The first-order valence-corrected chi connectivity index (χ1v) is 5.61. The van der Waals surface area contributed by atoms with Crippen LogP contribution in [0.5, 0.6) is 0 Å². The fourth-order valence-corrected chi connectivity index (χ4v) is 1.72. The molecule has 1 N–H and O–H groups in total. The monoisotopic (exact) mass is 201 g/mol. The molecule has 1 fully saturated rings. The molecule has 3 nitrogen and oxygen atoms in total. The molecule has 1 saturated heterocycles. The number of hydrogen-bond acceptors (Lipinski definition) is 3. The fourth-order valence-electron chi connectivity index (χ4n) is 1.72. The normalized spacial score (nSPS) is 29.4. The van der Waals surface area contributed by atoms with Crippen LogP contribution in [0.15, 0.2) is 0 Å². The van der Waals surface area contributed by atoms with Gasteiger partial charge >= 0.3 is 0 Å². The molecular formula is C11H23NO2. The smallest absolute Gasteiger partial charge is 0.0779 e. The predicted molar refractivity (Wildman–Crippen MR) is 57.5 cm³/mol. The van der Waals surface area contributed by atoms with Crippen LogP contribution in [0.4, 0.5) is 0 Å². The lowest BCUT2D eigenvalue weighted by molar-refractivity contribution is 0.0159. The molecule has 1 aliphatic heterocycles. The van der Waals surface area contributed by atoms with Gasteiger partial charge in [-0.1, -0.05) is 0 Å². The summed E-state index contributed by atoms with van der Waals surface area (Å²) in [7, 11) is 0. The Morgan fingerprint density at radius 3 is 2.93 bits per heavy atom. The minimum Gasteiger partial charge on any atom is -0.380 e. The van der Waals surface area contributed by atoms with Crippen molar-refractivity contribution < 1.29 is 9.47 Å². The van der Waals surface area contributed by atoms with Gasteiger partial charge in [-0.3, -0.25) is 0 Å². The molecule has 2 atom stereocenters. The van der Waals surface area contributed by atoms with Crippen molar-refractivity contribution >= 4 is 0 Å². The third-order valence-corrected chi connectivity index (χ3v) is 2.70. The van der Waals surface area contributed by atoms with Crippen molar-refractivity contribution in [3.8, 4) is 0 Å². The third-order valence-electron chi connectivity index (χ3n) is 2.70. The second-order valence-electron chi connectivity index (χ2n) is 4.34. The van der Waals surface area contributed by atoms with Gasteiger partial charge in [-0.15, -0.1) is 0 Å². The Kier molecular flexibility index (Phi) is 4.85. The van der Waals surface area contributed by atoms with Crippen LogP contribution >= 0.6 is 0 Å². The van der Waals surface area contributed by atoms with Crippen molar-refractivity contribution in [2.24, 2.45) is 0 Å². The molecule has 0 radical (unpaired) electrons. The summed E-state index contributed by atoms with van der Waals surface area (Å²) in [6, 6.07) is 0.413. The molecule has 0 amide bonds. The molecule has 0 aliphatic carbocycles. The van der Waals surface area contributed by atoms with Crippen molar-refractivity contribution in [1.82, 2.24) is 5.32 Å². The van der Waals surface area contributed by atoms with Gasteiger partial charge < -0.3 is 14.8 Å². The summed E-state index contributed by atoms with van der Waals surface area (Å²) in [5, 5.41) is 3.45. The van der Waals surface area contributed by atoms with Crippen LogP contribution in [-0.4, -0.2) is 38.0 Å². The number of nitrogens with one attached hydrogen (secondary N) is 1. The van der Waals surface area contributed by atoms with Gasteiger partial charge in [0.15, 0.2) is 0 Å². The molecule has 14 heavy (non-hydrogen) atoms. The highest BCUT2D eigenvalue weighted by Crippen LogP contribution is 2.23. The molecule has 84 valence electrons. The maximum absolute atomic E-state index is 5.69. The fraction of sp³-hybridized carbons (Fsp3) is 1.00. The van der Waals surface area contributed by atoms with Crippen LogP contribution in [-0.2, 0) is 9.47 Å². The molecule has 0 aromatic rings. The Labute approximate surface area is 87.2 Å². The van der Waals surface area contributed by atoms with E-state index in [-0.39, 0.29) is 5.60 Å². The SMILES string of the molecule is CCOCC(C)NCC1(C)CCCO1. The Balaban J connectivity index is 2.12. The summed E-state index contributed by atoms with van der Waals surface area (Å²) >= 11 is 0. The van der Waals surface area contributed by atoms with Gasteiger partial charge in [-0.25, -0.2) is 0 Å². The second kappa shape index (κ2) is 5.69. The third kappa shape index (κ3) is 3.95. The highest BCUT2D eigenvalue weighted by molar-refractivity contribution is 4.83. The predicted octanol–water partition coefficient (Wildman–Crippen LogP) is 1.57. The van der Waals surface area contributed by atoms with Crippen molar-refractivity contribution in [1.29, 1.82) is 0 Å². The van der Waals surface area contributed by atoms with Gasteiger partial charge in [0.2, 0.25) is 0 Å². The van der Waals surface area contributed by atoms with Crippen molar-refractivity contribution in [2.45, 2.75) is 45.3 Å². The summed E-state index contributed by atoms with van der Waals surface area (Å²) in [5.41, 5.74) is 0.0560. The highest BCUT2D eigenvalue weighted by Gasteiger charge is 2.29. The summed E-state index contributed by atoms with van der Waals surface area (Å²) in [6.45, 7) is 9.77. The molecule has 0 spiro atoms. The van der Waals surface area contributed by atoms with Crippen LogP contribution in [0.2, 0.25) is 0 Å². The summed E-state index contributed by atoms with van der Waals surface area (Å²) in [5.74, 6) is 0. The Morgan fingerprint density at radius 1 is 1.57 bits per heavy atom. The van der Waals surface area contributed by atoms with Gasteiger partial charge in [0.05, 0.1) is 12.2 Å². The lowest BCUT2D eigenvalue weighted by Gasteiger charge is -2.25. The van der Waals surface area contributed by atoms with E-state index in [0.29, 0.717) is 6.04 Å². The van der Waals surface area contributed by atoms with E-state index in [0.717, 1.165) is 26.4 Å². The number of rotatable bonds is 6. The minimum atomic E-state index is 0.0560. The number of hydrogen-bond donors (Lipinski definition) is 1. The van der Waals surface area contributed by atoms with Crippen molar-refractivity contribution in [3.05, 3.63) is 0 Å². The molecule has 2 unspecified atom stereocenters. The minimum absolute atomic E-state index is 0.0560. The largest absolute Gasteiger partial charge is 0.380 e. The van der Waals surface area contributed by atoms with Crippen LogP contribution in [0, 0.1) is 0 Å². The van der Waals surface area contributed by atoms with E-state index in [9.17, 15) is 0 Å². The molecule has 0 aromatic heterocycles. The van der Waals surface area contributed by atoms with Gasteiger partial charge in [-0.05, 0) is 33.6 Å². The second-order valence-corrected chi connectivity index (χ2v) is 4.34. The molecule has 1 aliphatic rings.